The quantitative estimate of drug-likeness (QED) is 0.0261. The maximum absolute atomic E-state index is 12.9. The van der Waals surface area contributed by atoms with E-state index < -0.39 is 6.10 Å². The van der Waals surface area contributed by atoms with Crippen molar-refractivity contribution < 1.29 is 28.6 Å². The van der Waals surface area contributed by atoms with Crippen molar-refractivity contribution in [3.05, 3.63) is 60.8 Å². The number of hydrogen-bond donors (Lipinski definition) is 0. The molecule has 0 fully saturated rings. The Labute approximate surface area is 460 Å². The Morgan fingerprint density at radius 3 is 0.797 bits per heavy atom. The predicted molar refractivity (Wildman–Crippen MR) is 321 cm³/mol. The highest BCUT2D eigenvalue weighted by molar-refractivity contribution is 5.71. The first-order valence-electron chi connectivity index (χ1n) is 32.3. The molecule has 0 amide bonds. The van der Waals surface area contributed by atoms with Gasteiger partial charge in [-0.05, 0) is 83.5 Å². The summed E-state index contributed by atoms with van der Waals surface area (Å²) in [7, 11) is 0. The zero-order valence-electron chi connectivity index (χ0n) is 49.4. The largest absolute Gasteiger partial charge is 0.462 e. The van der Waals surface area contributed by atoms with Crippen LogP contribution in [0.3, 0.4) is 0 Å². The fourth-order valence-electron chi connectivity index (χ4n) is 9.35. The molecule has 0 saturated heterocycles. The normalized spacial score (nSPS) is 12.4. The van der Waals surface area contributed by atoms with E-state index >= 15 is 0 Å². The minimum Gasteiger partial charge on any atom is -0.462 e. The summed E-state index contributed by atoms with van der Waals surface area (Å²) in [6, 6.07) is 0. The zero-order chi connectivity index (χ0) is 53.6. The lowest BCUT2D eigenvalue weighted by molar-refractivity contribution is -0.167. The van der Waals surface area contributed by atoms with E-state index in [2.05, 4.69) is 81.5 Å². The van der Waals surface area contributed by atoms with Crippen LogP contribution in [-0.2, 0) is 28.6 Å². The summed E-state index contributed by atoms with van der Waals surface area (Å²) in [4.78, 5) is 38.3. The molecule has 0 aliphatic carbocycles. The Hall–Kier alpha value is -2.89. The molecule has 0 spiro atoms. The van der Waals surface area contributed by atoms with Gasteiger partial charge >= 0.3 is 17.9 Å². The smallest absolute Gasteiger partial charge is 0.306 e. The van der Waals surface area contributed by atoms with E-state index in [1.165, 1.54) is 205 Å². The summed E-state index contributed by atoms with van der Waals surface area (Å²) in [6.07, 6.45) is 79.4. The van der Waals surface area contributed by atoms with E-state index in [0.29, 0.717) is 19.3 Å². The number of hydrogen-bond acceptors (Lipinski definition) is 6. The molecule has 0 aliphatic heterocycles. The van der Waals surface area contributed by atoms with Crippen LogP contribution in [0.25, 0.3) is 0 Å². The SMILES string of the molecule is CCCC/C=C\C/C=C\CCCCCCCC(=O)OCC(COC(=O)CCCCCCCCCCCCCC/C=C\C/C=C\C/C=C\CCCCCCC)OC(=O)CCCCCCCCCCCCCCCCC. The van der Waals surface area contributed by atoms with Crippen LogP contribution in [0.2, 0.25) is 0 Å². The van der Waals surface area contributed by atoms with Gasteiger partial charge in [0.1, 0.15) is 13.2 Å². The van der Waals surface area contributed by atoms with Crippen LogP contribution < -0.4 is 0 Å². The van der Waals surface area contributed by atoms with Crippen LogP contribution in [0.15, 0.2) is 60.8 Å². The van der Waals surface area contributed by atoms with E-state index in [1.807, 2.05) is 0 Å². The summed E-state index contributed by atoms with van der Waals surface area (Å²) in [5.41, 5.74) is 0. The van der Waals surface area contributed by atoms with Gasteiger partial charge < -0.3 is 14.2 Å². The monoisotopic (exact) mass is 1030 g/mol. The van der Waals surface area contributed by atoms with Gasteiger partial charge in [-0.1, -0.05) is 293 Å². The van der Waals surface area contributed by atoms with E-state index in [-0.39, 0.29) is 31.1 Å². The molecule has 0 aliphatic rings. The third-order valence-corrected chi connectivity index (χ3v) is 14.2. The van der Waals surface area contributed by atoms with Gasteiger partial charge in [-0.15, -0.1) is 0 Å². The number of esters is 3. The van der Waals surface area contributed by atoms with Crippen molar-refractivity contribution in [1.82, 2.24) is 0 Å². The maximum Gasteiger partial charge on any atom is 0.306 e. The molecule has 430 valence electrons. The summed E-state index contributed by atoms with van der Waals surface area (Å²) in [6.45, 7) is 6.62. The topological polar surface area (TPSA) is 78.9 Å². The Kier molecular flexibility index (Phi) is 60.2. The molecule has 0 bridgehead atoms. The van der Waals surface area contributed by atoms with Gasteiger partial charge in [-0.2, -0.15) is 0 Å². The lowest BCUT2D eigenvalue weighted by Gasteiger charge is -2.18. The number of carbonyl (C=O) groups excluding carboxylic acids is 3. The van der Waals surface area contributed by atoms with Crippen molar-refractivity contribution in [2.75, 3.05) is 13.2 Å². The Morgan fingerprint density at radius 1 is 0.270 bits per heavy atom. The molecule has 0 aromatic carbocycles. The summed E-state index contributed by atoms with van der Waals surface area (Å²) in [5.74, 6) is -0.874. The second-order valence-electron chi connectivity index (χ2n) is 21.7. The first-order valence-corrected chi connectivity index (χ1v) is 32.3. The van der Waals surface area contributed by atoms with Crippen molar-refractivity contribution in [2.45, 2.75) is 341 Å². The second-order valence-corrected chi connectivity index (χ2v) is 21.7. The molecule has 0 aromatic rings. The van der Waals surface area contributed by atoms with E-state index in [1.54, 1.807) is 0 Å². The lowest BCUT2D eigenvalue weighted by atomic mass is 10.0. The number of carbonyl (C=O) groups is 3. The highest BCUT2D eigenvalue weighted by Crippen LogP contribution is 2.17. The average Bonchev–Trinajstić information content (AvgIpc) is 3.40. The lowest BCUT2D eigenvalue weighted by Crippen LogP contribution is -2.30. The van der Waals surface area contributed by atoms with Gasteiger partial charge in [0.05, 0.1) is 0 Å². The van der Waals surface area contributed by atoms with Crippen molar-refractivity contribution in [1.29, 1.82) is 0 Å². The fourth-order valence-corrected chi connectivity index (χ4v) is 9.35. The molecule has 1 atom stereocenters. The van der Waals surface area contributed by atoms with Crippen molar-refractivity contribution in [3.63, 3.8) is 0 Å². The van der Waals surface area contributed by atoms with E-state index in [9.17, 15) is 14.4 Å². The van der Waals surface area contributed by atoms with Crippen LogP contribution in [0.5, 0.6) is 0 Å². The molecular weight excluding hydrogens is 913 g/mol. The molecule has 74 heavy (non-hydrogen) atoms. The third kappa shape index (κ3) is 60.0. The fraction of sp³-hybridized carbons (Fsp3) is 0.809. The molecule has 1 unspecified atom stereocenters. The number of unbranched alkanes of at least 4 members (excludes halogenated alkanes) is 38. The molecule has 0 heterocycles. The van der Waals surface area contributed by atoms with Crippen LogP contribution >= 0.6 is 0 Å². The standard InChI is InChI=1S/C68H122O6/c1-4-7-10-13-16-19-22-25-28-29-30-31-32-33-34-35-36-37-38-39-41-43-46-49-52-55-58-61-67(70)73-64-65(63-72-66(69)60-57-54-51-48-45-42-27-24-21-18-15-12-9-6-3)74-68(71)62-59-56-53-50-47-44-40-26-23-20-17-14-11-8-5-2/h15,18,22,24-25,27,29-30,32-33,65H,4-14,16-17,19-21,23,26,28,31,34-64H2,1-3H3/b18-15-,25-22-,27-24-,30-29-,33-32-. The summed E-state index contributed by atoms with van der Waals surface area (Å²) < 4.78 is 16.9. The van der Waals surface area contributed by atoms with Gasteiger partial charge in [-0.25, -0.2) is 0 Å². The minimum absolute atomic E-state index is 0.0764. The van der Waals surface area contributed by atoms with Gasteiger partial charge in [0, 0.05) is 19.3 Å². The van der Waals surface area contributed by atoms with Gasteiger partial charge in [0.25, 0.3) is 0 Å². The Morgan fingerprint density at radius 2 is 0.500 bits per heavy atom. The number of rotatable bonds is 59. The molecule has 0 saturated carbocycles. The Balaban J connectivity index is 4.25. The van der Waals surface area contributed by atoms with Gasteiger partial charge in [-0.3, -0.25) is 14.4 Å². The molecule has 6 nitrogen and oxygen atoms in total. The summed E-state index contributed by atoms with van der Waals surface area (Å²) in [5, 5.41) is 0. The Bertz CT molecular complexity index is 1330. The van der Waals surface area contributed by atoms with Crippen LogP contribution in [0.4, 0.5) is 0 Å². The molecule has 0 aromatic heterocycles. The molecule has 6 heteroatoms. The third-order valence-electron chi connectivity index (χ3n) is 14.2. The minimum atomic E-state index is -0.779. The van der Waals surface area contributed by atoms with Crippen LogP contribution in [0.1, 0.15) is 335 Å². The first kappa shape index (κ1) is 71.1. The number of allylic oxidation sites excluding steroid dienone is 10. The van der Waals surface area contributed by atoms with E-state index in [4.69, 9.17) is 14.2 Å². The number of ether oxygens (including phenoxy) is 3. The van der Waals surface area contributed by atoms with E-state index in [0.717, 1.165) is 89.9 Å². The molecule has 0 N–H and O–H groups in total. The predicted octanol–water partition coefficient (Wildman–Crippen LogP) is 21.9. The highest BCUT2D eigenvalue weighted by atomic mass is 16.6. The van der Waals surface area contributed by atoms with Crippen molar-refractivity contribution in [3.8, 4) is 0 Å². The van der Waals surface area contributed by atoms with Crippen molar-refractivity contribution in [2.24, 2.45) is 0 Å². The summed E-state index contributed by atoms with van der Waals surface area (Å²) >= 11 is 0. The zero-order valence-corrected chi connectivity index (χ0v) is 49.4. The van der Waals surface area contributed by atoms with Gasteiger partial charge in [0.2, 0.25) is 0 Å². The molecule has 0 radical (unpaired) electrons. The first-order chi connectivity index (χ1) is 36.5. The van der Waals surface area contributed by atoms with Gasteiger partial charge in [0.15, 0.2) is 6.10 Å². The second kappa shape index (κ2) is 62.6. The molecular formula is C68H122O6. The van der Waals surface area contributed by atoms with Crippen LogP contribution in [-0.4, -0.2) is 37.2 Å². The van der Waals surface area contributed by atoms with Crippen LogP contribution in [0, 0.1) is 0 Å². The van der Waals surface area contributed by atoms with Crippen molar-refractivity contribution >= 4 is 17.9 Å². The average molecular weight is 1040 g/mol. The maximum atomic E-state index is 12.9. The molecule has 0 rings (SSSR count). The highest BCUT2D eigenvalue weighted by Gasteiger charge is 2.19.